The van der Waals surface area contributed by atoms with E-state index in [-0.39, 0.29) is 0 Å². The van der Waals surface area contributed by atoms with Crippen LogP contribution in [-0.4, -0.2) is 34.2 Å². The fraction of sp³-hybridized carbons (Fsp3) is 0.294. The maximum absolute atomic E-state index is 5.63. The molecule has 0 aliphatic carbocycles. The van der Waals surface area contributed by atoms with Crippen molar-refractivity contribution in [2.75, 3.05) is 18.5 Å². The number of nitrogens with zero attached hydrogens (tertiary/aromatic N) is 2. The highest BCUT2D eigenvalue weighted by molar-refractivity contribution is 5.91. The molecule has 4 heterocycles. The minimum absolute atomic E-state index is 0.308. The van der Waals surface area contributed by atoms with Gasteiger partial charge in [-0.3, -0.25) is 0 Å². The summed E-state index contributed by atoms with van der Waals surface area (Å²) in [7, 11) is 0. The number of ether oxygens (including phenoxy) is 1. The van der Waals surface area contributed by atoms with E-state index in [2.05, 4.69) is 15.3 Å². The normalized spacial score (nSPS) is 17.9. The third kappa shape index (κ3) is 2.55. The van der Waals surface area contributed by atoms with E-state index in [1.54, 1.807) is 0 Å². The molecule has 0 spiro atoms. The highest BCUT2D eigenvalue weighted by Gasteiger charge is 2.15. The van der Waals surface area contributed by atoms with Crippen LogP contribution in [0.3, 0.4) is 0 Å². The van der Waals surface area contributed by atoms with Gasteiger partial charge < -0.3 is 15.0 Å². The van der Waals surface area contributed by atoms with Crippen LogP contribution in [0.15, 0.2) is 42.7 Å². The van der Waals surface area contributed by atoms with Crippen molar-refractivity contribution in [3.63, 3.8) is 0 Å². The molecule has 0 saturated carbocycles. The largest absolute Gasteiger partial charge is 0.376 e. The Morgan fingerprint density at radius 3 is 3.18 bits per heavy atom. The molecule has 1 aliphatic rings. The molecular weight excluding hydrogens is 276 g/mol. The second-order valence-electron chi connectivity index (χ2n) is 5.52. The summed E-state index contributed by atoms with van der Waals surface area (Å²) < 4.78 is 5.63. The van der Waals surface area contributed by atoms with Crippen LogP contribution in [0.2, 0.25) is 0 Å². The SMILES string of the molecule is c1cc(NCC2CCCO2)nc(-c2ccnc3[nH]ccc23)c1. The van der Waals surface area contributed by atoms with E-state index in [4.69, 9.17) is 9.72 Å². The lowest BCUT2D eigenvalue weighted by Gasteiger charge is -2.12. The Bertz CT molecular complexity index is 777. The summed E-state index contributed by atoms with van der Waals surface area (Å²) in [5.74, 6) is 0.883. The van der Waals surface area contributed by atoms with Crippen LogP contribution in [0.25, 0.3) is 22.3 Å². The van der Waals surface area contributed by atoms with Crippen molar-refractivity contribution in [3.05, 3.63) is 42.7 Å². The van der Waals surface area contributed by atoms with Gasteiger partial charge in [0.15, 0.2) is 0 Å². The summed E-state index contributed by atoms with van der Waals surface area (Å²) in [5, 5.41) is 4.47. The van der Waals surface area contributed by atoms with Crippen LogP contribution in [0.5, 0.6) is 0 Å². The fourth-order valence-electron chi connectivity index (χ4n) is 2.89. The topological polar surface area (TPSA) is 62.8 Å². The first-order valence-corrected chi connectivity index (χ1v) is 7.65. The van der Waals surface area contributed by atoms with Crippen molar-refractivity contribution in [3.8, 4) is 11.3 Å². The maximum Gasteiger partial charge on any atom is 0.137 e. The highest BCUT2D eigenvalue weighted by atomic mass is 16.5. The Balaban J connectivity index is 1.59. The molecule has 3 aromatic heterocycles. The zero-order valence-corrected chi connectivity index (χ0v) is 12.2. The van der Waals surface area contributed by atoms with Gasteiger partial charge in [0.25, 0.3) is 0 Å². The van der Waals surface area contributed by atoms with Crippen LogP contribution in [0, 0.1) is 0 Å². The minimum Gasteiger partial charge on any atom is -0.376 e. The lowest BCUT2D eigenvalue weighted by Crippen LogP contribution is -2.18. The van der Waals surface area contributed by atoms with Gasteiger partial charge in [0, 0.05) is 36.5 Å². The number of hydrogen-bond acceptors (Lipinski definition) is 4. The van der Waals surface area contributed by atoms with Crippen molar-refractivity contribution in [2.45, 2.75) is 18.9 Å². The first-order valence-electron chi connectivity index (χ1n) is 7.65. The number of nitrogens with one attached hydrogen (secondary N) is 2. The Kier molecular flexibility index (Phi) is 3.48. The summed E-state index contributed by atoms with van der Waals surface area (Å²) in [5.41, 5.74) is 2.92. The van der Waals surface area contributed by atoms with Crippen LogP contribution >= 0.6 is 0 Å². The Labute approximate surface area is 128 Å². The highest BCUT2D eigenvalue weighted by Crippen LogP contribution is 2.26. The first kappa shape index (κ1) is 13.3. The zero-order chi connectivity index (χ0) is 14.8. The van der Waals surface area contributed by atoms with E-state index in [1.807, 2.05) is 42.7 Å². The average Bonchev–Trinajstić information content (AvgIpc) is 3.24. The number of fused-ring (bicyclic) bond motifs is 1. The molecule has 1 atom stereocenters. The van der Waals surface area contributed by atoms with Crippen molar-refractivity contribution >= 4 is 16.9 Å². The number of H-pyrrole nitrogens is 1. The van der Waals surface area contributed by atoms with E-state index >= 15 is 0 Å². The fourth-order valence-corrected chi connectivity index (χ4v) is 2.89. The smallest absolute Gasteiger partial charge is 0.137 e. The average molecular weight is 294 g/mol. The summed E-state index contributed by atoms with van der Waals surface area (Å²) in [6.45, 7) is 1.69. The third-order valence-corrected chi connectivity index (χ3v) is 4.02. The molecule has 1 unspecified atom stereocenters. The van der Waals surface area contributed by atoms with Gasteiger partial charge in [-0.25, -0.2) is 9.97 Å². The van der Waals surface area contributed by atoms with Crippen LogP contribution in [-0.2, 0) is 4.74 Å². The van der Waals surface area contributed by atoms with Gasteiger partial charge in [0.05, 0.1) is 11.8 Å². The Morgan fingerprint density at radius 1 is 1.27 bits per heavy atom. The molecule has 112 valence electrons. The van der Waals surface area contributed by atoms with Gasteiger partial charge in [0.2, 0.25) is 0 Å². The number of aromatic nitrogens is 3. The van der Waals surface area contributed by atoms with E-state index in [1.165, 1.54) is 0 Å². The van der Waals surface area contributed by atoms with Gasteiger partial charge in [-0.1, -0.05) is 6.07 Å². The second-order valence-corrected chi connectivity index (χ2v) is 5.52. The standard InChI is InChI=1S/C17H18N4O/c1-4-15(13-6-8-18-17-14(13)7-9-19-17)21-16(5-1)20-11-12-3-2-10-22-12/h1,4-9,12H,2-3,10-11H2,(H,18,19)(H,20,21). The van der Waals surface area contributed by atoms with Crippen LogP contribution in [0.1, 0.15) is 12.8 Å². The molecule has 4 rings (SSSR count). The summed E-state index contributed by atoms with van der Waals surface area (Å²) in [6, 6.07) is 10.1. The zero-order valence-electron chi connectivity index (χ0n) is 12.2. The molecule has 0 bridgehead atoms. The monoisotopic (exact) mass is 294 g/mol. The summed E-state index contributed by atoms with van der Waals surface area (Å²) >= 11 is 0. The second kappa shape index (κ2) is 5.77. The van der Waals surface area contributed by atoms with Gasteiger partial charge in [-0.15, -0.1) is 0 Å². The number of hydrogen-bond donors (Lipinski definition) is 2. The molecule has 3 aromatic rings. The molecule has 22 heavy (non-hydrogen) atoms. The van der Waals surface area contributed by atoms with Crippen molar-refractivity contribution in [1.82, 2.24) is 15.0 Å². The summed E-state index contributed by atoms with van der Waals surface area (Å²) in [4.78, 5) is 12.2. The predicted octanol–water partition coefficient (Wildman–Crippen LogP) is 3.22. The van der Waals surface area contributed by atoms with E-state index in [0.717, 1.165) is 54.1 Å². The molecule has 1 saturated heterocycles. The first-order chi connectivity index (χ1) is 10.9. The molecule has 1 aliphatic heterocycles. The number of anilines is 1. The molecule has 5 nitrogen and oxygen atoms in total. The molecule has 0 radical (unpaired) electrons. The molecule has 1 fully saturated rings. The quantitative estimate of drug-likeness (QED) is 0.775. The molecule has 0 amide bonds. The van der Waals surface area contributed by atoms with E-state index in [9.17, 15) is 0 Å². The number of aromatic amines is 1. The molecule has 5 heteroatoms. The van der Waals surface area contributed by atoms with Crippen molar-refractivity contribution in [1.29, 1.82) is 0 Å². The predicted molar refractivity (Wildman–Crippen MR) is 86.8 cm³/mol. The van der Waals surface area contributed by atoms with Crippen LogP contribution in [0.4, 0.5) is 5.82 Å². The minimum atomic E-state index is 0.308. The van der Waals surface area contributed by atoms with Crippen molar-refractivity contribution < 1.29 is 4.74 Å². The third-order valence-electron chi connectivity index (χ3n) is 4.02. The van der Waals surface area contributed by atoms with E-state index in [0.29, 0.717) is 6.10 Å². The molecule has 2 N–H and O–H groups in total. The van der Waals surface area contributed by atoms with Gasteiger partial charge in [0.1, 0.15) is 11.5 Å². The number of pyridine rings is 2. The van der Waals surface area contributed by atoms with E-state index < -0.39 is 0 Å². The van der Waals surface area contributed by atoms with Crippen molar-refractivity contribution in [2.24, 2.45) is 0 Å². The Hall–Kier alpha value is -2.40. The number of rotatable bonds is 4. The van der Waals surface area contributed by atoms with Gasteiger partial charge in [-0.2, -0.15) is 0 Å². The Morgan fingerprint density at radius 2 is 2.27 bits per heavy atom. The van der Waals surface area contributed by atoms with Gasteiger partial charge >= 0.3 is 0 Å². The lowest BCUT2D eigenvalue weighted by molar-refractivity contribution is 0.120. The van der Waals surface area contributed by atoms with Crippen LogP contribution < -0.4 is 5.32 Å². The lowest BCUT2D eigenvalue weighted by atomic mass is 10.1. The maximum atomic E-state index is 5.63. The summed E-state index contributed by atoms with van der Waals surface area (Å²) in [6.07, 6.45) is 6.30. The molecule has 0 aromatic carbocycles. The van der Waals surface area contributed by atoms with Gasteiger partial charge in [-0.05, 0) is 37.1 Å². The molecular formula is C17H18N4O.